The molecule has 0 aliphatic heterocycles. The molecule has 2 aromatic rings. The van der Waals surface area contributed by atoms with Gasteiger partial charge in [0.2, 0.25) is 11.5 Å². The molecular weight excluding hydrogens is 353 g/mol. The van der Waals surface area contributed by atoms with Crippen LogP contribution < -0.4 is 10.9 Å². The van der Waals surface area contributed by atoms with Crippen molar-refractivity contribution in [3.05, 3.63) is 62.5 Å². The zero-order valence-electron chi connectivity index (χ0n) is 12.8. The standard InChI is InChI=1S/C16H15Cl2N3O3/c1-2-21(16(24)10-3-6-14(22)19-8-10)9-15(23)20-13-7-11(17)4-5-12(13)18/h3-8H,2,9H2,1H3,(H,19,22)(H,20,23). The Hall–Kier alpha value is -2.31. The lowest BCUT2D eigenvalue weighted by molar-refractivity contribution is -0.116. The number of carbonyl (C=O) groups excluding carboxylic acids is 2. The van der Waals surface area contributed by atoms with Gasteiger partial charge in [-0.05, 0) is 31.2 Å². The summed E-state index contributed by atoms with van der Waals surface area (Å²) in [7, 11) is 0. The minimum absolute atomic E-state index is 0.155. The number of hydrogen-bond acceptors (Lipinski definition) is 3. The summed E-state index contributed by atoms with van der Waals surface area (Å²) in [6.45, 7) is 1.93. The number of halogens is 2. The quantitative estimate of drug-likeness (QED) is 0.852. The summed E-state index contributed by atoms with van der Waals surface area (Å²) in [6.07, 6.45) is 1.32. The number of anilines is 1. The first-order valence-corrected chi connectivity index (χ1v) is 7.89. The Morgan fingerprint density at radius 1 is 1.21 bits per heavy atom. The Balaban J connectivity index is 2.07. The van der Waals surface area contributed by atoms with E-state index >= 15 is 0 Å². The molecule has 0 radical (unpaired) electrons. The van der Waals surface area contributed by atoms with Crippen molar-refractivity contribution in [3.8, 4) is 0 Å². The highest BCUT2D eigenvalue weighted by atomic mass is 35.5. The molecule has 2 rings (SSSR count). The van der Waals surface area contributed by atoms with Gasteiger partial charge in [0.05, 0.1) is 16.3 Å². The number of aromatic amines is 1. The third kappa shape index (κ3) is 4.59. The van der Waals surface area contributed by atoms with E-state index in [9.17, 15) is 14.4 Å². The molecule has 0 aliphatic carbocycles. The van der Waals surface area contributed by atoms with Crippen LogP contribution in [0.4, 0.5) is 5.69 Å². The fourth-order valence-corrected chi connectivity index (χ4v) is 2.35. The number of amides is 2. The average molecular weight is 368 g/mol. The van der Waals surface area contributed by atoms with Crippen LogP contribution in [0.3, 0.4) is 0 Å². The van der Waals surface area contributed by atoms with Crippen LogP contribution in [-0.4, -0.2) is 34.8 Å². The van der Waals surface area contributed by atoms with Crippen molar-refractivity contribution < 1.29 is 9.59 Å². The van der Waals surface area contributed by atoms with E-state index in [0.717, 1.165) is 0 Å². The van der Waals surface area contributed by atoms with Crippen LogP contribution in [0.5, 0.6) is 0 Å². The Labute approximate surface area is 148 Å². The van der Waals surface area contributed by atoms with Crippen LogP contribution in [0.2, 0.25) is 10.0 Å². The van der Waals surface area contributed by atoms with Gasteiger partial charge in [-0.2, -0.15) is 0 Å². The minimum atomic E-state index is -0.404. The number of nitrogens with one attached hydrogen (secondary N) is 2. The van der Waals surface area contributed by atoms with Gasteiger partial charge in [0, 0.05) is 23.8 Å². The Morgan fingerprint density at radius 2 is 1.96 bits per heavy atom. The van der Waals surface area contributed by atoms with E-state index < -0.39 is 5.91 Å². The number of carbonyl (C=O) groups is 2. The number of H-pyrrole nitrogens is 1. The van der Waals surface area contributed by atoms with Crippen LogP contribution in [0.15, 0.2) is 41.3 Å². The Kier molecular flexibility index (Phi) is 6.00. The molecule has 1 aromatic carbocycles. The zero-order valence-corrected chi connectivity index (χ0v) is 14.3. The number of rotatable bonds is 5. The molecule has 0 saturated heterocycles. The molecule has 0 fully saturated rings. The van der Waals surface area contributed by atoms with Gasteiger partial charge in [-0.1, -0.05) is 23.2 Å². The second kappa shape index (κ2) is 7.99. The van der Waals surface area contributed by atoms with Gasteiger partial charge in [-0.3, -0.25) is 14.4 Å². The van der Waals surface area contributed by atoms with Gasteiger partial charge < -0.3 is 15.2 Å². The lowest BCUT2D eigenvalue weighted by Gasteiger charge is -2.20. The molecule has 0 atom stereocenters. The fourth-order valence-electron chi connectivity index (χ4n) is 2.01. The van der Waals surface area contributed by atoms with E-state index in [2.05, 4.69) is 10.3 Å². The summed E-state index contributed by atoms with van der Waals surface area (Å²) < 4.78 is 0. The van der Waals surface area contributed by atoms with Crippen molar-refractivity contribution in [2.75, 3.05) is 18.4 Å². The topological polar surface area (TPSA) is 82.3 Å². The first kappa shape index (κ1) is 18.0. The summed E-state index contributed by atoms with van der Waals surface area (Å²) >= 11 is 11.9. The number of likely N-dealkylation sites (N-methyl/N-ethyl adjacent to an activating group) is 1. The third-order valence-electron chi connectivity index (χ3n) is 3.24. The molecule has 0 unspecified atom stereocenters. The molecule has 8 heteroatoms. The van der Waals surface area contributed by atoms with Crippen LogP contribution in [0.1, 0.15) is 17.3 Å². The minimum Gasteiger partial charge on any atom is -0.330 e. The number of pyridine rings is 1. The number of benzene rings is 1. The van der Waals surface area contributed by atoms with Gasteiger partial charge in [-0.25, -0.2) is 0 Å². The largest absolute Gasteiger partial charge is 0.330 e. The molecule has 6 nitrogen and oxygen atoms in total. The maximum Gasteiger partial charge on any atom is 0.255 e. The van der Waals surface area contributed by atoms with Gasteiger partial charge in [-0.15, -0.1) is 0 Å². The van der Waals surface area contributed by atoms with Crippen LogP contribution in [0.25, 0.3) is 0 Å². The molecule has 126 valence electrons. The SMILES string of the molecule is CCN(CC(=O)Nc1cc(Cl)ccc1Cl)C(=O)c1ccc(=O)[nH]c1. The summed E-state index contributed by atoms with van der Waals surface area (Å²) in [5.74, 6) is -0.764. The fraction of sp³-hybridized carbons (Fsp3) is 0.188. The van der Waals surface area contributed by atoms with E-state index in [1.54, 1.807) is 19.1 Å². The Bertz CT molecular complexity index is 800. The second-order valence-electron chi connectivity index (χ2n) is 4.93. The number of nitrogens with zero attached hydrogens (tertiary/aromatic N) is 1. The first-order chi connectivity index (χ1) is 11.4. The van der Waals surface area contributed by atoms with Crippen molar-refractivity contribution in [3.63, 3.8) is 0 Å². The Morgan fingerprint density at radius 3 is 2.58 bits per heavy atom. The first-order valence-electron chi connectivity index (χ1n) is 7.13. The van der Waals surface area contributed by atoms with Crippen molar-refractivity contribution in [2.24, 2.45) is 0 Å². The van der Waals surface area contributed by atoms with E-state index in [4.69, 9.17) is 23.2 Å². The van der Waals surface area contributed by atoms with Crippen LogP contribution in [0, 0.1) is 0 Å². The monoisotopic (exact) mass is 367 g/mol. The molecule has 0 bridgehead atoms. The second-order valence-corrected chi connectivity index (χ2v) is 5.78. The van der Waals surface area contributed by atoms with Crippen LogP contribution in [-0.2, 0) is 4.79 Å². The molecule has 2 amide bonds. The van der Waals surface area contributed by atoms with E-state index in [-0.39, 0.29) is 18.0 Å². The van der Waals surface area contributed by atoms with Crippen LogP contribution >= 0.6 is 23.2 Å². The summed E-state index contributed by atoms with van der Waals surface area (Å²) in [6, 6.07) is 7.38. The highest BCUT2D eigenvalue weighted by Gasteiger charge is 2.18. The predicted octanol–water partition coefficient (Wildman–Crippen LogP) is 2.78. The molecule has 0 aliphatic rings. The summed E-state index contributed by atoms with van der Waals surface area (Å²) in [5.41, 5.74) is 0.370. The average Bonchev–Trinajstić information content (AvgIpc) is 2.56. The van der Waals surface area contributed by atoms with E-state index in [0.29, 0.717) is 27.8 Å². The molecule has 2 N–H and O–H groups in total. The third-order valence-corrected chi connectivity index (χ3v) is 3.80. The number of aromatic nitrogens is 1. The molecule has 24 heavy (non-hydrogen) atoms. The smallest absolute Gasteiger partial charge is 0.255 e. The summed E-state index contributed by atoms with van der Waals surface area (Å²) in [4.78, 5) is 39.4. The molecule has 0 saturated carbocycles. The van der Waals surface area contributed by atoms with Gasteiger partial charge in [0.1, 0.15) is 6.54 Å². The highest BCUT2D eigenvalue weighted by Crippen LogP contribution is 2.25. The van der Waals surface area contributed by atoms with Crippen molar-refractivity contribution in [1.82, 2.24) is 9.88 Å². The highest BCUT2D eigenvalue weighted by molar-refractivity contribution is 6.35. The number of hydrogen-bond donors (Lipinski definition) is 2. The molecule has 0 spiro atoms. The molecule has 1 aromatic heterocycles. The van der Waals surface area contributed by atoms with Crippen molar-refractivity contribution in [1.29, 1.82) is 0 Å². The molecule has 1 heterocycles. The maximum absolute atomic E-state index is 12.4. The lowest BCUT2D eigenvalue weighted by atomic mass is 10.2. The predicted molar refractivity (Wildman–Crippen MR) is 93.7 cm³/mol. The molecular formula is C16H15Cl2N3O3. The van der Waals surface area contributed by atoms with Crippen molar-refractivity contribution >= 4 is 40.7 Å². The van der Waals surface area contributed by atoms with Gasteiger partial charge in [0.25, 0.3) is 5.91 Å². The normalized spacial score (nSPS) is 10.3. The summed E-state index contributed by atoms with van der Waals surface area (Å²) in [5, 5.41) is 3.41. The van der Waals surface area contributed by atoms with E-state index in [1.165, 1.54) is 29.3 Å². The van der Waals surface area contributed by atoms with Crippen molar-refractivity contribution in [2.45, 2.75) is 6.92 Å². The maximum atomic E-state index is 12.4. The van der Waals surface area contributed by atoms with Gasteiger partial charge in [0.15, 0.2) is 0 Å². The zero-order chi connectivity index (χ0) is 17.7. The van der Waals surface area contributed by atoms with Gasteiger partial charge >= 0.3 is 0 Å². The van der Waals surface area contributed by atoms with E-state index in [1.807, 2.05) is 0 Å². The lowest BCUT2D eigenvalue weighted by Crippen LogP contribution is -2.38.